The highest BCUT2D eigenvalue weighted by Gasteiger charge is 2.23. The molecule has 178 valence electrons. The van der Waals surface area contributed by atoms with E-state index in [9.17, 15) is 14.7 Å². The molecule has 1 aromatic carbocycles. The second kappa shape index (κ2) is 11.2. The summed E-state index contributed by atoms with van der Waals surface area (Å²) in [5.41, 5.74) is 7.92. The van der Waals surface area contributed by atoms with E-state index in [1.54, 1.807) is 35.5 Å². The molecule has 0 saturated carbocycles. The molecule has 1 fully saturated rings. The van der Waals surface area contributed by atoms with Crippen molar-refractivity contribution < 1.29 is 14.7 Å². The van der Waals surface area contributed by atoms with Crippen molar-refractivity contribution in [2.75, 3.05) is 26.2 Å². The van der Waals surface area contributed by atoms with Crippen molar-refractivity contribution in [3.8, 4) is 5.75 Å². The summed E-state index contributed by atoms with van der Waals surface area (Å²) < 4.78 is 0. The van der Waals surface area contributed by atoms with Crippen molar-refractivity contribution in [2.24, 2.45) is 5.73 Å². The van der Waals surface area contributed by atoms with Crippen LogP contribution < -0.4 is 11.1 Å². The fourth-order valence-electron chi connectivity index (χ4n) is 4.09. The van der Waals surface area contributed by atoms with Crippen molar-refractivity contribution in [3.63, 3.8) is 0 Å². The number of nitrogens with zero attached hydrogens (tertiary/aromatic N) is 3. The number of aromatic nitrogens is 1. The van der Waals surface area contributed by atoms with Crippen LogP contribution in [-0.2, 0) is 11.3 Å². The maximum Gasteiger partial charge on any atom is 0.261 e. The monoisotopic (exact) mass is 479 g/mol. The van der Waals surface area contributed by atoms with E-state index in [-0.39, 0.29) is 17.7 Å². The molecule has 8 nitrogen and oxygen atoms in total. The summed E-state index contributed by atoms with van der Waals surface area (Å²) in [7, 11) is 0. The fourth-order valence-corrected chi connectivity index (χ4v) is 5.05. The number of nitrogens with one attached hydrogen (secondary N) is 1. The molecule has 3 aromatic rings. The minimum absolute atomic E-state index is 0.118. The average molecular weight is 480 g/mol. The van der Waals surface area contributed by atoms with Gasteiger partial charge in [0.05, 0.1) is 10.9 Å². The lowest BCUT2D eigenvalue weighted by Gasteiger charge is -2.32. The van der Waals surface area contributed by atoms with E-state index in [1.165, 1.54) is 11.3 Å². The molecule has 1 aliphatic heterocycles. The van der Waals surface area contributed by atoms with Crippen molar-refractivity contribution >= 4 is 23.7 Å². The smallest absolute Gasteiger partial charge is 0.261 e. The molecule has 2 amide bonds. The van der Waals surface area contributed by atoms with Crippen LogP contribution in [0.5, 0.6) is 5.75 Å². The Morgan fingerprint density at radius 1 is 1.15 bits per heavy atom. The number of piperazine rings is 1. The Morgan fingerprint density at radius 2 is 1.94 bits per heavy atom. The number of nitrogens with two attached hydrogens (primary N) is 1. The molecule has 0 aliphatic carbocycles. The number of pyridine rings is 1. The van der Waals surface area contributed by atoms with Crippen LogP contribution in [-0.4, -0.2) is 58.4 Å². The lowest BCUT2D eigenvalue weighted by molar-refractivity contribution is -0.119. The molecule has 0 spiro atoms. The van der Waals surface area contributed by atoms with Crippen molar-refractivity contribution in [3.05, 3.63) is 81.8 Å². The number of carbonyl (C=O) groups excluding carboxylic acids is 2. The van der Waals surface area contributed by atoms with Crippen LogP contribution in [0.15, 0.2) is 60.9 Å². The van der Waals surface area contributed by atoms with Crippen LogP contribution in [0, 0.1) is 0 Å². The third-order valence-corrected chi connectivity index (χ3v) is 7.11. The van der Waals surface area contributed by atoms with Gasteiger partial charge in [0, 0.05) is 61.6 Å². The molecule has 34 heavy (non-hydrogen) atoms. The van der Waals surface area contributed by atoms with E-state index in [2.05, 4.69) is 15.2 Å². The van der Waals surface area contributed by atoms with Crippen LogP contribution in [0.25, 0.3) is 0 Å². The second-order valence-corrected chi connectivity index (χ2v) is 9.57. The number of aromatic hydroxyl groups is 1. The number of benzene rings is 1. The number of carbonyl (C=O) groups is 2. The van der Waals surface area contributed by atoms with Gasteiger partial charge in [-0.05, 0) is 36.2 Å². The predicted molar refractivity (Wildman–Crippen MR) is 131 cm³/mol. The topological polar surface area (TPSA) is 112 Å². The van der Waals surface area contributed by atoms with Crippen molar-refractivity contribution in [1.29, 1.82) is 0 Å². The van der Waals surface area contributed by atoms with Gasteiger partial charge in [0.1, 0.15) is 5.75 Å². The highest BCUT2D eigenvalue weighted by molar-refractivity contribution is 7.14. The zero-order chi connectivity index (χ0) is 23.9. The zero-order valence-electron chi connectivity index (χ0n) is 18.8. The molecule has 0 bridgehead atoms. The van der Waals surface area contributed by atoms with Gasteiger partial charge < -0.3 is 21.1 Å². The highest BCUT2D eigenvalue weighted by Crippen LogP contribution is 2.31. The quantitative estimate of drug-likeness (QED) is 0.407. The molecule has 2 aromatic heterocycles. The summed E-state index contributed by atoms with van der Waals surface area (Å²) >= 11 is 1.46. The molecule has 1 aliphatic rings. The minimum Gasteiger partial charge on any atom is -0.508 e. The molecule has 3 heterocycles. The van der Waals surface area contributed by atoms with Gasteiger partial charge in [0.2, 0.25) is 6.41 Å². The van der Waals surface area contributed by atoms with Crippen molar-refractivity contribution in [1.82, 2.24) is 20.1 Å². The van der Waals surface area contributed by atoms with Gasteiger partial charge in [-0.1, -0.05) is 24.3 Å². The molecular weight excluding hydrogens is 450 g/mol. The Hall–Kier alpha value is -3.27. The maximum atomic E-state index is 13.2. The molecule has 2 unspecified atom stereocenters. The first-order valence-corrected chi connectivity index (χ1v) is 12.1. The van der Waals surface area contributed by atoms with Crippen molar-refractivity contribution in [2.45, 2.75) is 25.0 Å². The fraction of sp³-hybridized carbons (Fsp3) is 0.320. The number of amides is 2. The molecule has 4 rings (SSSR count). The minimum atomic E-state index is -0.467. The standard InChI is InChI=1S/C25H29N5O3S/c26-21(18-4-3-9-27-15-18)14-22(20-5-1-2-6-23(20)32)28-25(33)24-8-7-19(34-24)16-29-10-12-30(17-31)13-11-29/h1-9,15,17,21-22,32H,10-14,16,26H2,(H,28,33). The predicted octanol–water partition coefficient (Wildman–Crippen LogP) is 2.68. The van der Waals surface area contributed by atoms with Gasteiger partial charge in [0.15, 0.2) is 0 Å². The SMILES string of the molecule is NC(CC(NC(=O)c1ccc(CN2CCN(C=O)CC2)s1)c1ccccc1O)c1cccnc1. The number of phenols is 1. The highest BCUT2D eigenvalue weighted by atomic mass is 32.1. The summed E-state index contributed by atoms with van der Waals surface area (Å²) in [6.07, 6.45) is 4.71. The molecular formula is C25H29N5O3S. The molecule has 1 saturated heterocycles. The summed E-state index contributed by atoms with van der Waals surface area (Å²) in [4.78, 5) is 33.9. The van der Waals surface area contributed by atoms with Gasteiger partial charge in [0.25, 0.3) is 5.91 Å². The molecule has 4 N–H and O–H groups in total. The summed E-state index contributed by atoms with van der Waals surface area (Å²) in [6.45, 7) is 3.84. The lowest BCUT2D eigenvalue weighted by Crippen LogP contribution is -2.44. The summed E-state index contributed by atoms with van der Waals surface area (Å²) in [5.74, 6) is -0.0822. The number of phenolic OH excluding ortho intramolecular Hbond substituents is 1. The van der Waals surface area contributed by atoms with Crippen LogP contribution >= 0.6 is 11.3 Å². The number of hydrogen-bond donors (Lipinski definition) is 3. The first kappa shape index (κ1) is 23.9. The van der Waals surface area contributed by atoms with E-state index < -0.39 is 6.04 Å². The third-order valence-electron chi connectivity index (χ3n) is 6.04. The van der Waals surface area contributed by atoms with E-state index in [1.807, 2.05) is 30.3 Å². The van der Waals surface area contributed by atoms with Crippen LogP contribution in [0.4, 0.5) is 0 Å². The largest absolute Gasteiger partial charge is 0.508 e. The van der Waals surface area contributed by atoms with Gasteiger partial charge in [-0.2, -0.15) is 0 Å². The van der Waals surface area contributed by atoms with Gasteiger partial charge >= 0.3 is 0 Å². The molecule has 2 atom stereocenters. The third kappa shape index (κ3) is 5.99. The summed E-state index contributed by atoms with van der Waals surface area (Å²) in [6, 6.07) is 13.7. The number of hydrogen-bond acceptors (Lipinski definition) is 7. The van der Waals surface area contributed by atoms with Gasteiger partial charge in [-0.3, -0.25) is 19.5 Å². The molecule has 0 radical (unpaired) electrons. The Bertz CT molecular complexity index is 1100. The normalized spacial score (nSPS) is 16.1. The number of para-hydroxylation sites is 1. The number of thiophene rings is 1. The van der Waals surface area contributed by atoms with Crippen LogP contribution in [0.1, 0.15) is 44.2 Å². The second-order valence-electron chi connectivity index (χ2n) is 8.40. The first-order chi connectivity index (χ1) is 16.5. The van der Waals surface area contributed by atoms with Gasteiger partial charge in [-0.25, -0.2) is 0 Å². The average Bonchev–Trinajstić information content (AvgIpc) is 3.33. The van der Waals surface area contributed by atoms with E-state index in [4.69, 9.17) is 5.73 Å². The van der Waals surface area contributed by atoms with E-state index >= 15 is 0 Å². The Morgan fingerprint density at radius 3 is 2.65 bits per heavy atom. The maximum absolute atomic E-state index is 13.2. The summed E-state index contributed by atoms with van der Waals surface area (Å²) in [5, 5.41) is 13.5. The van der Waals surface area contributed by atoms with Gasteiger partial charge in [-0.15, -0.1) is 11.3 Å². The Kier molecular flexibility index (Phi) is 7.89. The lowest BCUT2D eigenvalue weighted by atomic mass is 9.95. The Labute approximate surface area is 203 Å². The molecule has 9 heteroatoms. The Balaban J connectivity index is 1.44. The van der Waals surface area contributed by atoms with E-state index in [0.717, 1.165) is 49.6 Å². The first-order valence-electron chi connectivity index (χ1n) is 11.3. The van der Waals surface area contributed by atoms with Crippen LogP contribution in [0.2, 0.25) is 0 Å². The van der Waals surface area contributed by atoms with Crippen LogP contribution in [0.3, 0.4) is 0 Å². The number of rotatable bonds is 9. The zero-order valence-corrected chi connectivity index (χ0v) is 19.7. The van der Waals surface area contributed by atoms with E-state index in [0.29, 0.717) is 16.9 Å².